The molecule has 1 aromatic rings. The number of methoxy groups -OCH3 is 2. The van der Waals surface area contributed by atoms with Crippen LogP contribution in [-0.2, 0) is 28.2 Å². The number of aromatic nitrogens is 1. The Morgan fingerprint density at radius 2 is 2.00 bits per heavy atom. The molecule has 1 heterocycles. The first-order valence-electron chi connectivity index (χ1n) is 7.49. The molecule has 4 nitrogen and oxygen atoms in total. The number of rotatable bonds is 7. The van der Waals surface area contributed by atoms with Crippen LogP contribution in [0.15, 0.2) is 0 Å². The Kier molecular flexibility index (Phi) is 5.96. The summed E-state index contributed by atoms with van der Waals surface area (Å²) >= 11 is 1.79. The number of nitrogens with zero attached hydrogens (tertiary/aromatic N) is 1. The second-order valence-corrected chi connectivity index (χ2v) is 6.44. The topological polar surface area (TPSA) is 43.4 Å². The van der Waals surface area contributed by atoms with Crippen molar-refractivity contribution in [3.63, 3.8) is 0 Å². The van der Waals surface area contributed by atoms with E-state index >= 15 is 0 Å². The van der Waals surface area contributed by atoms with Crippen LogP contribution < -0.4 is 5.32 Å². The third-order valence-electron chi connectivity index (χ3n) is 4.04. The number of thiazole rings is 1. The molecule has 1 fully saturated rings. The lowest BCUT2D eigenvalue weighted by Crippen LogP contribution is -2.31. The quantitative estimate of drug-likeness (QED) is 0.839. The highest BCUT2D eigenvalue weighted by molar-refractivity contribution is 7.11. The molecule has 1 saturated carbocycles. The van der Waals surface area contributed by atoms with Crippen molar-refractivity contribution in [2.24, 2.45) is 0 Å². The molecule has 0 saturated heterocycles. The molecule has 1 aliphatic carbocycles. The molecule has 20 heavy (non-hydrogen) atoms. The van der Waals surface area contributed by atoms with Crippen molar-refractivity contribution in [1.82, 2.24) is 10.3 Å². The average Bonchev–Trinajstić information content (AvgIpc) is 2.90. The Hall–Kier alpha value is -0.490. The normalized spacial score (nSPS) is 18.4. The minimum Gasteiger partial charge on any atom is -0.378 e. The molecule has 0 atom stereocenters. The molecule has 1 N–H and O–H groups in total. The van der Waals surface area contributed by atoms with Crippen LogP contribution in [0.1, 0.15) is 54.6 Å². The zero-order valence-electron chi connectivity index (χ0n) is 12.8. The SMILES string of the molecule is CCNCc1sc(C2(OC)CCCCC2)nc1COC. The fourth-order valence-corrected chi connectivity index (χ4v) is 4.09. The predicted octanol–water partition coefficient (Wildman–Crippen LogP) is 3.20. The first kappa shape index (κ1) is 15.9. The summed E-state index contributed by atoms with van der Waals surface area (Å²) in [6.07, 6.45) is 5.95. The molecule has 0 aromatic carbocycles. The Morgan fingerprint density at radius 3 is 2.60 bits per heavy atom. The Labute approximate surface area is 125 Å². The van der Waals surface area contributed by atoms with E-state index in [0.717, 1.165) is 36.6 Å². The van der Waals surface area contributed by atoms with E-state index in [2.05, 4.69) is 12.2 Å². The van der Waals surface area contributed by atoms with E-state index in [9.17, 15) is 0 Å². The fourth-order valence-electron chi connectivity index (χ4n) is 2.83. The molecule has 0 amide bonds. The number of hydrogen-bond acceptors (Lipinski definition) is 5. The highest BCUT2D eigenvalue weighted by Gasteiger charge is 2.37. The standard InChI is InChI=1S/C15H26N2O2S/c1-4-16-10-13-12(11-18-2)17-14(20-13)15(19-3)8-6-5-7-9-15/h16H,4-11H2,1-3H3. The zero-order valence-corrected chi connectivity index (χ0v) is 13.6. The largest absolute Gasteiger partial charge is 0.378 e. The van der Waals surface area contributed by atoms with Crippen LogP contribution in [0.2, 0.25) is 0 Å². The molecule has 5 heteroatoms. The maximum Gasteiger partial charge on any atom is 0.125 e. The second-order valence-electron chi connectivity index (χ2n) is 5.36. The zero-order chi connectivity index (χ0) is 14.4. The van der Waals surface area contributed by atoms with Crippen molar-refractivity contribution >= 4 is 11.3 Å². The molecule has 0 aliphatic heterocycles. The van der Waals surface area contributed by atoms with Crippen LogP contribution in [0, 0.1) is 0 Å². The Bertz CT molecular complexity index is 414. The third kappa shape index (κ3) is 3.39. The van der Waals surface area contributed by atoms with E-state index in [1.165, 1.54) is 24.1 Å². The average molecular weight is 298 g/mol. The van der Waals surface area contributed by atoms with Gasteiger partial charge < -0.3 is 14.8 Å². The highest BCUT2D eigenvalue weighted by Crippen LogP contribution is 2.42. The van der Waals surface area contributed by atoms with E-state index in [0.29, 0.717) is 6.61 Å². The van der Waals surface area contributed by atoms with Gasteiger partial charge in [-0.3, -0.25) is 0 Å². The van der Waals surface area contributed by atoms with Crippen molar-refractivity contribution in [3.05, 3.63) is 15.6 Å². The monoisotopic (exact) mass is 298 g/mol. The van der Waals surface area contributed by atoms with Crippen molar-refractivity contribution in [2.75, 3.05) is 20.8 Å². The molecule has 1 aromatic heterocycles. The van der Waals surface area contributed by atoms with Crippen molar-refractivity contribution in [1.29, 1.82) is 0 Å². The van der Waals surface area contributed by atoms with Gasteiger partial charge in [0, 0.05) is 25.6 Å². The maximum atomic E-state index is 5.90. The lowest BCUT2D eigenvalue weighted by atomic mass is 9.85. The summed E-state index contributed by atoms with van der Waals surface area (Å²) in [5, 5.41) is 4.52. The summed E-state index contributed by atoms with van der Waals surface area (Å²) in [4.78, 5) is 6.13. The lowest BCUT2D eigenvalue weighted by molar-refractivity contribution is -0.0448. The molecule has 0 unspecified atom stereocenters. The van der Waals surface area contributed by atoms with E-state index < -0.39 is 0 Å². The van der Waals surface area contributed by atoms with Gasteiger partial charge in [0.2, 0.25) is 0 Å². The van der Waals surface area contributed by atoms with E-state index in [4.69, 9.17) is 14.5 Å². The molecule has 0 spiro atoms. The molecule has 2 rings (SSSR count). The minimum atomic E-state index is -0.157. The Balaban J connectivity index is 2.25. The first-order valence-corrected chi connectivity index (χ1v) is 8.31. The lowest BCUT2D eigenvalue weighted by Gasteiger charge is -2.34. The number of nitrogens with one attached hydrogen (secondary N) is 1. The van der Waals surface area contributed by atoms with Crippen LogP contribution in [0.25, 0.3) is 0 Å². The van der Waals surface area contributed by atoms with Gasteiger partial charge >= 0.3 is 0 Å². The van der Waals surface area contributed by atoms with Crippen LogP contribution >= 0.6 is 11.3 Å². The summed E-state index contributed by atoms with van der Waals surface area (Å²) < 4.78 is 11.2. The third-order valence-corrected chi connectivity index (χ3v) is 5.32. The first-order chi connectivity index (χ1) is 9.75. The van der Waals surface area contributed by atoms with Crippen LogP contribution in [-0.4, -0.2) is 25.7 Å². The van der Waals surface area contributed by atoms with Gasteiger partial charge in [-0.15, -0.1) is 11.3 Å². The number of hydrogen-bond donors (Lipinski definition) is 1. The van der Waals surface area contributed by atoms with Crippen molar-refractivity contribution in [3.8, 4) is 0 Å². The molecule has 0 bridgehead atoms. The van der Waals surface area contributed by atoms with Gasteiger partial charge in [-0.1, -0.05) is 26.2 Å². The van der Waals surface area contributed by atoms with Gasteiger partial charge in [-0.05, 0) is 19.4 Å². The van der Waals surface area contributed by atoms with Gasteiger partial charge in [0.05, 0.1) is 12.3 Å². The number of ether oxygens (including phenoxy) is 2. The van der Waals surface area contributed by atoms with Crippen LogP contribution in [0.3, 0.4) is 0 Å². The molecule has 1 aliphatic rings. The fraction of sp³-hybridized carbons (Fsp3) is 0.800. The predicted molar refractivity (Wildman–Crippen MR) is 82.0 cm³/mol. The minimum absolute atomic E-state index is 0.157. The molecular formula is C15H26N2O2S. The summed E-state index contributed by atoms with van der Waals surface area (Å²) in [5.41, 5.74) is 0.908. The smallest absolute Gasteiger partial charge is 0.125 e. The second kappa shape index (κ2) is 7.50. The van der Waals surface area contributed by atoms with Crippen molar-refractivity contribution in [2.45, 2.75) is 57.8 Å². The summed E-state index contributed by atoms with van der Waals surface area (Å²) in [7, 11) is 3.55. The highest BCUT2D eigenvalue weighted by atomic mass is 32.1. The van der Waals surface area contributed by atoms with Gasteiger partial charge in [-0.25, -0.2) is 4.98 Å². The molecule has 114 valence electrons. The Morgan fingerprint density at radius 1 is 1.25 bits per heavy atom. The summed E-state index contributed by atoms with van der Waals surface area (Å²) in [6, 6.07) is 0. The van der Waals surface area contributed by atoms with Gasteiger partial charge in [0.1, 0.15) is 10.6 Å². The molecule has 0 radical (unpaired) electrons. The van der Waals surface area contributed by atoms with E-state index in [-0.39, 0.29) is 5.60 Å². The van der Waals surface area contributed by atoms with Gasteiger partial charge in [0.15, 0.2) is 0 Å². The van der Waals surface area contributed by atoms with Gasteiger partial charge in [0.25, 0.3) is 0 Å². The summed E-state index contributed by atoms with van der Waals surface area (Å²) in [5.74, 6) is 0. The van der Waals surface area contributed by atoms with E-state index in [1.54, 1.807) is 18.4 Å². The molecular weight excluding hydrogens is 272 g/mol. The van der Waals surface area contributed by atoms with Crippen molar-refractivity contribution < 1.29 is 9.47 Å². The van der Waals surface area contributed by atoms with Crippen LogP contribution in [0.4, 0.5) is 0 Å². The van der Waals surface area contributed by atoms with Gasteiger partial charge in [-0.2, -0.15) is 0 Å². The van der Waals surface area contributed by atoms with E-state index in [1.807, 2.05) is 7.11 Å². The maximum absolute atomic E-state index is 5.90. The summed E-state index contributed by atoms with van der Waals surface area (Å²) in [6.45, 7) is 4.54. The van der Waals surface area contributed by atoms with Crippen LogP contribution in [0.5, 0.6) is 0 Å².